The molecule has 0 spiro atoms. The van der Waals surface area contributed by atoms with Gasteiger partial charge in [-0.2, -0.15) is 0 Å². The van der Waals surface area contributed by atoms with Crippen molar-refractivity contribution in [2.45, 2.75) is 64.7 Å². The van der Waals surface area contributed by atoms with Gasteiger partial charge in [0, 0.05) is 0 Å². The Morgan fingerprint density at radius 2 is 1.17 bits per heavy atom. The summed E-state index contributed by atoms with van der Waals surface area (Å²) in [5, 5.41) is 0. The van der Waals surface area contributed by atoms with E-state index in [9.17, 15) is 0 Å². The third-order valence-electron chi connectivity index (χ3n) is 5.04. The molecule has 0 aromatic rings. The SMILES string of the molecule is CC(C)[C@@H]1CCCP1CCP1CCC[C@H]1C(C)C. The van der Waals surface area contributed by atoms with Crippen molar-refractivity contribution in [1.29, 1.82) is 0 Å². The third-order valence-corrected chi connectivity index (χ3v) is 12.4. The van der Waals surface area contributed by atoms with Gasteiger partial charge in [-0.3, -0.25) is 0 Å². The molecule has 106 valence electrons. The summed E-state index contributed by atoms with van der Waals surface area (Å²) in [7, 11) is 0.827. The molecule has 2 unspecified atom stereocenters. The van der Waals surface area contributed by atoms with E-state index in [4.69, 9.17) is 0 Å². The third kappa shape index (κ3) is 3.70. The Bertz CT molecular complexity index is 223. The molecule has 2 aliphatic rings. The standard InChI is InChI=1S/C16H32P2/c1-13(2)15-7-5-9-17(15)11-12-18-10-6-8-16(18)14(3)4/h13-16H,5-12H2,1-4H3/t15-,16-,17?,18?/m0/s1. The van der Waals surface area contributed by atoms with E-state index in [1.165, 1.54) is 0 Å². The molecule has 2 heterocycles. The predicted molar refractivity (Wildman–Crippen MR) is 89.0 cm³/mol. The minimum Gasteiger partial charge on any atom is -0.103 e. The van der Waals surface area contributed by atoms with Crippen LogP contribution < -0.4 is 0 Å². The van der Waals surface area contributed by atoms with Crippen LogP contribution in [0.3, 0.4) is 0 Å². The smallest absolute Gasteiger partial charge is 0.0186 e. The second kappa shape index (κ2) is 7.04. The molecule has 0 aliphatic carbocycles. The van der Waals surface area contributed by atoms with E-state index in [2.05, 4.69) is 27.7 Å². The Labute approximate surface area is 117 Å². The van der Waals surface area contributed by atoms with Crippen LogP contribution in [0.4, 0.5) is 0 Å². The van der Waals surface area contributed by atoms with Crippen LogP contribution in [-0.2, 0) is 0 Å². The van der Waals surface area contributed by atoms with Gasteiger partial charge >= 0.3 is 0 Å². The average Bonchev–Trinajstić information content (AvgIpc) is 2.94. The molecule has 0 nitrogen and oxygen atoms in total. The number of hydrogen-bond donors (Lipinski definition) is 0. The molecular formula is C16H32P2. The Kier molecular flexibility index (Phi) is 5.96. The van der Waals surface area contributed by atoms with Crippen molar-refractivity contribution >= 4 is 15.8 Å². The molecule has 2 fully saturated rings. The summed E-state index contributed by atoms with van der Waals surface area (Å²) in [6.45, 7) is 9.85. The second-order valence-corrected chi connectivity index (χ2v) is 12.4. The van der Waals surface area contributed by atoms with E-state index in [1.807, 2.05) is 0 Å². The van der Waals surface area contributed by atoms with Gasteiger partial charge in [0.15, 0.2) is 0 Å². The van der Waals surface area contributed by atoms with Crippen LogP contribution in [-0.4, -0.2) is 36.0 Å². The summed E-state index contributed by atoms with van der Waals surface area (Å²) in [5.74, 6) is 1.91. The molecule has 18 heavy (non-hydrogen) atoms. The minimum atomic E-state index is 0.414. The lowest BCUT2D eigenvalue weighted by Gasteiger charge is -2.28. The van der Waals surface area contributed by atoms with Crippen molar-refractivity contribution in [3.05, 3.63) is 0 Å². The molecule has 0 saturated carbocycles. The van der Waals surface area contributed by atoms with Crippen molar-refractivity contribution in [3.8, 4) is 0 Å². The fourth-order valence-corrected chi connectivity index (χ4v) is 11.8. The summed E-state index contributed by atoms with van der Waals surface area (Å²) < 4.78 is 0. The lowest BCUT2D eigenvalue weighted by Crippen LogP contribution is -2.14. The Morgan fingerprint density at radius 3 is 1.50 bits per heavy atom. The van der Waals surface area contributed by atoms with Crippen LogP contribution >= 0.6 is 15.8 Å². The van der Waals surface area contributed by atoms with Crippen molar-refractivity contribution in [2.75, 3.05) is 24.6 Å². The lowest BCUT2D eigenvalue weighted by molar-refractivity contribution is 0.581. The number of hydrogen-bond acceptors (Lipinski definition) is 0. The van der Waals surface area contributed by atoms with Crippen molar-refractivity contribution in [1.82, 2.24) is 0 Å². The Hall–Kier alpha value is 0.860. The van der Waals surface area contributed by atoms with Gasteiger partial charge in [-0.1, -0.05) is 27.7 Å². The van der Waals surface area contributed by atoms with E-state index in [-0.39, 0.29) is 0 Å². The topological polar surface area (TPSA) is 0 Å². The average molecular weight is 286 g/mol. The first-order chi connectivity index (χ1) is 8.59. The minimum absolute atomic E-state index is 0.414. The van der Waals surface area contributed by atoms with E-state index < -0.39 is 0 Å². The van der Waals surface area contributed by atoms with Crippen LogP contribution in [0.5, 0.6) is 0 Å². The maximum absolute atomic E-state index is 2.46. The van der Waals surface area contributed by atoms with Gasteiger partial charge < -0.3 is 0 Å². The summed E-state index contributed by atoms with van der Waals surface area (Å²) in [6, 6.07) is 0. The first kappa shape index (κ1) is 15.3. The normalized spacial score (nSPS) is 37.0. The largest absolute Gasteiger partial charge is 0.103 e. The van der Waals surface area contributed by atoms with Crippen molar-refractivity contribution in [2.24, 2.45) is 11.8 Å². The van der Waals surface area contributed by atoms with Crippen LogP contribution in [0.15, 0.2) is 0 Å². The molecule has 0 amide bonds. The molecule has 0 N–H and O–H groups in total. The highest BCUT2D eigenvalue weighted by molar-refractivity contribution is 7.62. The fraction of sp³-hybridized carbons (Fsp3) is 1.00. The van der Waals surface area contributed by atoms with Crippen LogP contribution in [0.25, 0.3) is 0 Å². The molecule has 0 bridgehead atoms. The molecule has 2 rings (SSSR count). The van der Waals surface area contributed by atoms with Gasteiger partial charge in [-0.25, -0.2) is 0 Å². The van der Waals surface area contributed by atoms with Crippen molar-refractivity contribution < 1.29 is 0 Å². The van der Waals surface area contributed by atoms with Gasteiger partial charge in [0.05, 0.1) is 0 Å². The molecule has 0 aromatic heterocycles. The highest BCUT2D eigenvalue weighted by Crippen LogP contribution is 2.58. The first-order valence-corrected chi connectivity index (χ1v) is 11.6. The van der Waals surface area contributed by atoms with E-state index in [0.29, 0.717) is 15.8 Å². The Morgan fingerprint density at radius 1 is 0.778 bits per heavy atom. The summed E-state index contributed by atoms with van der Waals surface area (Å²) in [5.41, 5.74) is 2.24. The maximum atomic E-state index is 2.46. The molecule has 2 saturated heterocycles. The molecule has 2 heteroatoms. The quantitative estimate of drug-likeness (QED) is 0.578. The Balaban J connectivity index is 1.80. The van der Waals surface area contributed by atoms with Gasteiger partial charge in [0.2, 0.25) is 0 Å². The van der Waals surface area contributed by atoms with E-state index in [1.54, 1.807) is 50.3 Å². The number of rotatable bonds is 5. The summed E-state index contributed by atoms with van der Waals surface area (Å²) in [4.78, 5) is 0. The van der Waals surface area contributed by atoms with Crippen LogP contribution in [0.1, 0.15) is 53.4 Å². The monoisotopic (exact) mass is 286 g/mol. The molecule has 2 aliphatic heterocycles. The summed E-state index contributed by atoms with van der Waals surface area (Å²) >= 11 is 0. The first-order valence-electron chi connectivity index (χ1n) is 8.07. The molecular weight excluding hydrogens is 254 g/mol. The zero-order valence-electron chi connectivity index (χ0n) is 12.9. The maximum Gasteiger partial charge on any atom is -0.0186 e. The van der Waals surface area contributed by atoms with Gasteiger partial charge in [0.25, 0.3) is 0 Å². The molecule has 4 atom stereocenters. The van der Waals surface area contributed by atoms with E-state index >= 15 is 0 Å². The molecule has 0 aromatic carbocycles. The summed E-state index contributed by atoms with van der Waals surface area (Å²) in [6.07, 6.45) is 12.7. The van der Waals surface area contributed by atoms with Gasteiger partial charge in [-0.05, 0) is 73.5 Å². The second-order valence-electron chi connectivity index (χ2n) is 6.98. The van der Waals surface area contributed by atoms with Crippen LogP contribution in [0, 0.1) is 11.8 Å². The lowest BCUT2D eigenvalue weighted by atomic mass is 10.1. The highest BCUT2D eigenvalue weighted by atomic mass is 31.1. The zero-order chi connectivity index (χ0) is 13.1. The van der Waals surface area contributed by atoms with Gasteiger partial charge in [-0.15, -0.1) is 15.8 Å². The van der Waals surface area contributed by atoms with Crippen LogP contribution in [0.2, 0.25) is 0 Å². The predicted octanol–water partition coefficient (Wildman–Crippen LogP) is 5.59. The van der Waals surface area contributed by atoms with Crippen molar-refractivity contribution in [3.63, 3.8) is 0 Å². The van der Waals surface area contributed by atoms with E-state index in [0.717, 1.165) is 23.2 Å². The fourth-order valence-electron chi connectivity index (χ4n) is 4.03. The van der Waals surface area contributed by atoms with Gasteiger partial charge in [0.1, 0.15) is 0 Å². The zero-order valence-corrected chi connectivity index (χ0v) is 14.6. The molecule has 0 radical (unpaired) electrons. The highest BCUT2D eigenvalue weighted by Gasteiger charge is 2.32.